The minimum absolute atomic E-state index is 0.293. The van der Waals surface area contributed by atoms with Gasteiger partial charge in [-0.25, -0.2) is 9.37 Å². The number of nitrogens with two attached hydrogens (primary N) is 1. The molecule has 2 N–H and O–H groups in total. The van der Waals surface area contributed by atoms with Gasteiger partial charge < -0.3 is 10.2 Å². The van der Waals surface area contributed by atoms with Gasteiger partial charge in [0.15, 0.2) is 11.5 Å². The molecule has 4 heteroatoms. The fourth-order valence-corrected chi connectivity index (χ4v) is 1.68. The molecular formula is C12H15FN2O. The lowest BCUT2D eigenvalue weighted by molar-refractivity contribution is 0.437. The van der Waals surface area contributed by atoms with Gasteiger partial charge in [-0.05, 0) is 24.6 Å². The van der Waals surface area contributed by atoms with Crippen LogP contribution < -0.4 is 5.73 Å². The first-order valence-corrected chi connectivity index (χ1v) is 5.48. The zero-order chi connectivity index (χ0) is 11.5. The van der Waals surface area contributed by atoms with Crippen LogP contribution in [0.4, 0.5) is 4.39 Å². The maximum atomic E-state index is 12.9. The average molecular weight is 222 g/mol. The van der Waals surface area contributed by atoms with Crippen molar-refractivity contribution in [2.75, 3.05) is 6.54 Å². The molecule has 0 fully saturated rings. The van der Waals surface area contributed by atoms with Gasteiger partial charge in [-0.3, -0.25) is 0 Å². The second kappa shape index (κ2) is 4.61. The SMILES string of the molecule is CCC(CN)Cc1nc2cc(F)ccc2o1. The Morgan fingerprint density at radius 3 is 3.00 bits per heavy atom. The van der Waals surface area contributed by atoms with Crippen LogP contribution in [0.2, 0.25) is 0 Å². The molecule has 1 aromatic carbocycles. The van der Waals surface area contributed by atoms with Crippen molar-refractivity contribution >= 4 is 11.1 Å². The van der Waals surface area contributed by atoms with Crippen molar-refractivity contribution in [3.63, 3.8) is 0 Å². The van der Waals surface area contributed by atoms with E-state index in [2.05, 4.69) is 11.9 Å². The minimum Gasteiger partial charge on any atom is -0.441 e. The molecule has 1 aromatic heterocycles. The average Bonchev–Trinajstić information content (AvgIpc) is 2.67. The highest BCUT2D eigenvalue weighted by molar-refractivity contribution is 5.72. The predicted octanol–water partition coefficient (Wildman–Crippen LogP) is 2.49. The van der Waals surface area contributed by atoms with Crippen molar-refractivity contribution in [2.24, 2.45) is 11.7 Å². The molecule has 0 saturated carbocycles. The van der Waals surface area contributed by atoms with Crippen LogP contribution in [0, 0.1) is 11.7 Å². The molecule has 86 valence electrons. The van der Waals surface area contributed by atoms with E-state index in [0.717, 1.165) is 6.42 Å². The highest BCUT2D eigenvalue weighted by atomic mass is 19.1. The smallest absolute Gasteiger partial charge is 0.195 e. The largest absolute Gasteiger partial charge is 0.441 e. The van der Waals surface area contributed by atoms with Crippen LogP contribution >= 0.6 is 0 Å². The number of fused-ring (bicyclic) bond motifs is 1. The molecule has 16 heavy (non-hydrogen) atoms. The summed E-state index contributed by atoms with van der Waals surface area (Å²) in [4.78, 5) is 4.25. The Morgan fingerprint density at radius 2 is 2.31 bits per heavy atom. The quantitative estimate of drug-likeness (QED) is 0.864. The molecule has 3 nitrogen and oxygen atoms in total. The van der Waals surface area contributed by atoms with Crippen LogP contribution in [0.5, 0.6) is 0 Å². The zero-order valence-corrected chi connectivity index (χ0v) is 9.24. The number of halogens is 1. The molecule has 2 rings (SSSR count). The zero-order valence-electron chi connectivity index (χ0n) is 9.24. The summed E-state index contributed by atoms with van der Waals surface area (Å²) in [6, 6.07) is 4.35. The lowest BCUT2D eigenvalue weighted by Crippen LogP contribution is -2.15. The number of nitrogens with zero attached hydrogens (tertiary/aromatic N) is 1. The molecule has 0 aliphatic heterocycles. The van der Waals surface area contributed by atoms with E-state index in [1.807, 2.05) is 0 Å². The Morgan fingerprint density at radius 1 is 1.50 bits per heavy atom. The monoisotopic (exact) mass is 222 g/mol. The number of hydrogen-bond acceptors (Lipinski definition) is 3. The van der Waals surface area contributed by atoms with Gasteiger partial charge in [-0.2, -0.15) is 0 Å². The Balaban J connectivity index is 2.25. The lowest BCUT2D eigenvalue weighted by atomic mass is 10.0. The van der Waals surface area contributed by atoms with Gasteiger partial charge in [-0.1, -0.05) is 13.3 Å². The molecule has 1 heterocycles. The van der Waals surface area contributed by atoms with Gasteiger partial charge in [0.25, 0.3) is 0 Å². The van der Waals surface area contributed by atoms with Crippen LogP contribution in [0.15, 0.2) is 22.6 Å². The summed E-state index contributed by atoms with van der Waals surface area (Å²) in [7, 11) is 0. The predicted molar refractivity (Wildman–Crippen MR) is 60.5 cm³/mol. The molecule has 0 aliphatic carbocycles. The van der Waals surface area contributed by atoms with E-state index in [4.69, 9.17) is 10.2 Å². The van der Waals surface area contributed by atoms with Crippen molar-refractivity contribution in [1.82, 2.24) is 4.98 Å². The molecule has 0 saturated heterocycles. The molecule has 1 atom stereocenters. The van der Waals surface area contributed by atoms with Crippen molar-refractivity contribution in [2.45, 2.75) is 19.8 Å². The summed E-state index contributed by atoms with van der Waals surface area (Å²) >= 11 is 0. The molecular weight excluding hydrogens is 207 g/mol. The van der Waals surface area contributed by atoms with Gasteiger partial charge in [0.2, 0.25) is 0 Å². The summed E-state index contributed by atoms with van der Waals surface area (Å²) < 4.78 is 18.5. The number of rotatable bonds is 4. The Kier molecular flexibility index (Phi) is 3.19. The summed E-state index contributed by atoms with van der Waals surface area (Å²) in [5.74, 6) is 0.717. The third kappa shape index (κ3) is 2.22. The van der Waals surface area contributed by atoms with E-state index < -0.39 is 0 Å². The molecule has 0 amide bonds. The van der Waals surface area contributed by atoms with Gasteiger partial charge in [0.1, 0.15) is 11.3 Å². The first-order valence-electron chi connectivity index (χ1n) is 5.48. The third-order valence-electron chi connectivity index (χ3n) is 2.77. The van der Waals surface area contributed by atoms with Crippen molar-refractivity contribution < 1.29 is 8.81 Å². The summed E-state index contributed by atoms with van der Waals surface area (Å²) in [5, 5.41) is 0. The van der Waals surface area contributed by atoms with Crippen molar-refractivity contribution in [1.29, 1.82) is 0 Å². The van der Waals surface area contributed by atoms with Crippen LogP contribution in [0.1, 0.15) is 19.2 Å². The van der Waals surface area contributed by atoms with E-state index in [9.17, 15) is 4.39 Å². The van der Waals surface area contributed by atoms with E-state index >= 15 is 0 Å². The normalized spacial score (nSPS) is 13.2. The van der Waals surface area contributed by atoms with Gasteiger partial charge in [-0.15, -0.1) is 0 Å². The standard InChI is InChI=1S/C12H15FN2O/c1-2-8(7-14)5-12-15-10-6-9(13)3-4-11(10)16-12/h3-4,6,8H,2,5,7,14H2,1H3. The van der Waals surface area contributed by atoms with E-state index in [1.54, 1.807) is 6.07 Å². The Labute approximate surface area is 93.5 Å². The second-order valence-corrected chi connectivity index (χ2v) is 3.93. The first-order chi connectivity index (χ1) is 7.72. The minimum atomic E-state index is -0.293. The van der Waals surface area contributed by atoms with Crippen LogP contribution in [0.25, 0.3) is 11.1 Å². The molecule has 0 aliphatic rings. The summed E-state index contributed by atoms with van der Waals surface area (Å²) in [5.41, 5.74) is 6.82. The number of aromatic nitrogens is 1. The molecule has 0 spiro atoms. The van der Waals surface area contributed by atoms with Gasteiger partial charge >= 0.3 is 0 Å². The number of oxazole rings is 1. The topological polar surface area (TPSA) is 52.0 Å². The molecule has 2 aromatic rings. The molecule has 0 radical (unpaired) electrons. The third-order valence-corrected chi connectivity index (χ3v) is 2.77. The fourth-order valence-electron chi connectivity index (χ4n) is 1.68. The van der Waals surface area contributed by atoms with Crippen LogP contribution in [0.3, 0.4) is 0 Å². The maximum Gasteiger partial charge on any atom is 0.195 e. The van der Waals surface area contributed by atoms with Crippen molar-refractivity contribution in [3.05, 3.63) is 29.9 Å². The van der Waals surface area contributed by atoms with Crippen molar-refractivity contribution in [3.8, 4) is 0 Å². The molecule has 1 unspecified atom stereocenters. The van der Waals surface area contributed by atoms with E-state index in [1.165, 1.54) is 12.1 Å². The van der Waals surface area contributed by atoms with E-state index in [0.29, 0.717) is 35.9 Å². The lowest BCUT2D eigenvalue weighted by Gasteiger charge is -2.07. The highest BCUT2D eigenvalue weighted by Gasteiger charge is 2.11. The Bertz CT molecular complexity index is 477. The van der Waals surface area contributed by atoms with Gasteiger partial charge in [0.05, 0.1) is 0 Å². The second-order valence-electron chi connectivity index (χ2n) is 3.93. The van der Waals surface area contributed by atoms with Crippen LogP contribution in [-0.2, 0) is 6.42 Å². The summed E-state index contributed by atoms with van der Waals surface area (Å²) in [6.45, 7) is 2.70. The fraction of sp³-hybridized carbons (Fsp3) is 0.417. The highest BCUT2D eigenvalue weighted by Crippen LogP contribution is 2.19. The maximum absolute atomic E-state index is 12.9. The van der Waals surface area contributed by atoms with E-state index in [-0.39, 0.29) is 5.82 Å². The summed E-state index contributed by atoms with van der Waals surface area (Å²) in [6.07, 6.45) is 1.70. The number of benzene rings is 1. The molecule has 0 bridgehead atoms. The number of hydrogen-bond donors (Lipinski definition) is 1. The Hall–Kier alpha value is -1.42. The van der Waals surface area contributed by atoms with Gasteiger partial charge in [0, 0.05) is 12.5 Å². The van der Waals surface area contributed by atoms with Crippen LogP contribution in [-0.4, -0.2) is 11.5 Å². The first kappa shape index (κ1) is 11.1.